The largest absolute Gasteiger partial charge is 0.478 e. The number of carboxylic acid groups (broad SMARTS) is 1. The van der Waals surface area contributed by atoms with Crippen molar-refractivity contribution >= 4 is 11.7 Å². The van der Waals surface area contributed by atoms with E-state index in [1.165, 1.54) is 6.07 Å². The van der Waals surface area contributed by atoms with Gasteiger partial charge in [0, 0.05) is 5.56 Å². The summed E-state index contributed by atoms with van der Waals surface area (Å²) in [5, 5.41) is 9.19. The lowest BCUT2D eigenvalue weighted by Crippen LogP contribution is -2.13. The third-order valence-corrected chi connectivity index (χ3v) is 3.36. The molecule has 3 N–H and O–H groups in total. The average Bonchev–Trinajstić information content (AvgIpc) is 2.37. The topological polar surface area (TPSA) is 63.3 Å². The highest BCUT2D eigenvalue weighted by Crippen LogP contribution is 2.36. The van der Waals surface area contributed by atoms with Crippen molar-refractivity contribution in [3.8, 4) is 11.1 Å². The molecule has 0 fully saturated rings. The van der Waals surface area contributed by atoms with E-state index in [1.54, 1.807) is 6.07 Å². The fourth-order valence-corrected chi connectivity index (χ4v) is 2.36. The fraction of sp³-hybridized carbons (Fsp3) is 0.235. The molecule has 0 aliphatic carbocycles. The highest BCUT2D eigenvalue weighted by atomic mass is 16.4. The van der Waals surface area contributed by atoms with Gasteiger partial charge in [-0.05, 0) is 22.6 Å². The Morgan fingerprint density at radius 3 is 2.20 bits per heavy atom. The molecule has 0 atom stereocenters. The lowest BCUT2D eigenvalue weighted by molar-refractivity contribution is 0.0698. The fourth-order valence-electron chi connectivity index (χ4n) is 2.36. The Morgan fingerprint density at radius 2 is 1.60 bits per heavy atom. The maximum absolute atomic E-state index is 11.2. The molecular weight excluding hydrogens is 250 g/mol. The maximum atomic E-state index is 11.2. The molecule has 0 unspecified atom stereocenters. The van der Waals surface area contributed by atoms with E-state index in [1.807, 2.05) is 24.3 Å². The first-order valence-corrected chi connectivity index (χ1v) is 6.54. The van der Waals surface area contributed by atoms with E-state index in [0.717, 1.165) is 16.7 Å². The number of aromatic carboxylic acids is 1. The molecular formula is C17H19NO2. The second-order valence-corrected chi connectivity index (χ2v) is 5.87. The van der Waals surface area contributed by atoms with Crippen LogP contribution in [0.2, 0.25) is 0 Å². The van der Waals surface area contributed by atoms with Gasteiger partial charge in [-0.25, -0.2) is 4.79 Å². The van der Waals surface area contributed by atoms with E-state index in [4.69, 9.17) is 5.73 Å². The monoisotopic (exact) mass is 269 g/mol. The van der Waals surface area contributed by atoms with Crippen molar-refractivity contribution in [2.24, 2.45) is 0 Å². The van der Waals surface area contributed by atoms with Gasteiger partial charge in [0.25, 0.3) is 0 Å². The van der Waals surface area contributed by atoms with E-state index in [-0.39, 0.29) is 11.0 Å². The van der Waals surface area contributed by atoms with Crippen LogP contribution in [0.15, 0.2) is 42.5 Å². The second-order valence-electron chi connectivity index (χ2n) is 5.87. The zero-order valence-corrected chi connectivity index (χ0v) is 12.0. The highest BCUT2D eigenvalue weighted by molar-refractivity contribution is 5.98. The molecule has 3 nitrogen and oxygen atoms in total. The predicted octanol–water partition coefficient (Wildman–Crippen LogP) is 3.93. The average molecular weight is 269 g/mol. The zero-order valence-electron chi connectivity index (χ0n) is 12.0. The van der Waals surface area contributed by atoms with Crippen molar-refractivity contribution in [3.63, 3.8) is 0 Å². The van der Waals surface area contributed by atoms with Crippen molar-refractivity contribution in [1.82, 2.24) is 0 Å². The maximum Gasteiger partial charge on any atom is 0.337 e. The minimum atomic E-state index is -1.00. The molecule has 0 aromatic heterocycles. The van der Waals surface area contributed by atoms with Crippen LogP contribution in [0.3, 0.4) is 0 Å². The molecule has 104 valence electrons. The molecule has 0 saturated carbocycles. The summed E-state index contributed by atoms with van der Waals surface area (Å²) in [4.78, 5) is 11.2. The van der Waals surface area contributed by atoms with Crippen LogP contribution >= 0.6 is 0 Å². The van der Waals surface area contributed by atoms with Gasteiger partial charge in [0.05, 0.1) is 11.3 Å². The first-order valence-electron chi connectivity index (χ1n) is 6.54. The molecule has 2 aromatic rings. The molecule has 0 spiro atoms. The number of carbonyl (C=O) groups is 1. The van der Waals surface area contributed by atoms with Gasteiger partial charge >= 0.3 is 5.97 Å². The number of para-hydroxylation sites is 1. The summed E-state index contributed by atoms with van der Waals surface area (Å²) in [6.07, 6.45) is 0. The Bertz CT molecular complexity index is 654. The Hall–Kier alpha value is -2.29. The van der Waals surface area contributed by atoms with Gasteiger partial charge in [-0.3, -0.25) is 0 Å². The molecule has 0 saturated heterocycles. The summed E-state index contributed by atoms with van der Waals surface area (Å²) in [6.45, 7) is 6.38. The van der Waals surface area contributed by atoms with E-state index < -0.39 is 5.97 Å². The smallest absolute Gasteiger partial charge is 0.337 e. The number of nitrogens with two attached hydrogens (primary N) is 1. The highest BCUT2D eigenvalue weighted by Gasteiger charge is 2.20. The summed E-state index contributed by atoms with van der Waals surface area (Å²) in [7, 11) is 0. The van der Waals surface area contributed by atoms with E-state index >= 15 is 0 Å². The van der Waals surface area contributed by atoms with E-state index in [0.29, 0.717) is 5.69 Å². The van der Waals surface area contributed by atoms with Crippen LogP contribution in [0, 0.1) is 0 Å². The molecule has 3 heteroatoms. The Balaban J connectivity index is 2.70. The molecule has 2 aromatic carbocycles. The lowest BCUT2D eigenvalue weighted by atomic mass is 9.81. The summed E-state index contributed by atoms with van der Waals surface area (Å²) in [5.74, 6) is -1.00. The minimum Gasteiger partial charge on any atom is -0.478 e. The number of benzene rings is 2. The van der Waals surface area contributed by atoms with Crippen molar-refractivity contribution < 1.29 is 9.90 Å². The van der Waals surface area contributed by atoms with Gasteiger partial charge < -0.3 is 10.8 Å². The summed E-state index contributed by atoms with van der Waals surface area (Å²) >= 11 is 0. The number of hydrogen-bond donors (Lipinski definition) is 2. The van der Waals surface area contributed by atoms with Gasteiger partial charge in [-0.15, -0.1) is 0 Å². The van der Waals surface area contributed by atoms with Crippen LogP contribution < -0.4 is 5.73 Å². The molecule has 0 radical (unpaired) electrons. The molecule has 0 heterocycles. The van der Waals surface area contributed by atoms with Crippen LogP contribution in [0.25, 0.3) is 11.1 Å². The van der Waals surface area contributed by atoms with Crippen molar-refractivity contribution in [2.45, 2.75) is 26.2 Å². The summed E-state index contributed by atoms with van der Waals surface area (Å²) in [5.41, 5.74) is 9.38. The van der Waals surface area contributed by atoms with E-state index in [2.05, 4.69) is 26.8 Å². The molecule has 0 aliphatic rings. The predicted molar refractivity (Wildman–Crippen MR) is 81.9 cm³/mol. The molecule has 0 amide bonds. The Kier molecular flexibility index (Phi) is 3.53. The van der Waals surface area contributed by atoms with Crippen LogP contribution in [-0.4, -0.2) is 11.1 Å². The molecule has 20 heavy (non-hydrogen) atoms. The Labute approximate surface area is 119 Å². The molecule has 0 aliphatic heterocycles. The van der Waals surface area contributed by atoms with Crippen LogP contribution in [0.4, 0.5) is 5.69 Å². The van der Waals surface area contributed by atoms with Gasteiger partial charge in [-0.2, -0.15) is 0 Å². The van der Waals surface area contributed by atoms with Crippen molar-refractivity contribution in [3.05, 3.63) is 53.6 Å². The normalized spacial score (nSPS) is 11.3. The van der Waals surface area contributed by atoms with E-state index in [9.17, 15) is 9.90 Å². The summed E-state index contributed by atoms with van der Waals surface area (Å²) < 4.78 is 0. The van der Waals surface area contributed by atoms with Crippen molar-refractivity contribution in [2.75, 3.05) is 5.73 Å². The standard InChI is InChI=1S/C17H19NO2/c1-17(2,3)14-10-5-4-7-11(14)12-8-6-9-13(15(12)18)16(19)20/h4-10H,18H2,1-3H3,(H,19,20). The zero-order chi connectivity index (χ0) is 14.9. The minimum absolute atomic E-state index is 0.0394. The third-order valence-electron chi connectivity index (χ3n) is 3.36. The van der Waals surface area contributed by atoms with Gasteiger partial charge in [0.1, 0.15) is 0 Å². The van der Waals surface area contributed by atoms with Gasteiger partial charge in [0.2, 0.25) is 0 Å². The number of carboxylic acids is 1. The van der Waals surface area contributed by atoms with Crippen LogP contribution in [0.5, 0.6) is 0 Å². The summed E-state index contributed by atoms with van der Waals surface area (Å²) in [6, 6.07) is 13.1. The molecule has 2 rings (SSSR count). The Morgan fingerprint density at radius 1 is 1.00 bits per heavy atom. The molecule has 0 bridgehead atoms. The number of anilines is 1. The third kappa shape index (κ3) is 2.52. The van der Waals surface area contributed by atoms with Crippen molar-refractivity contribution in [1.29, 1.82) is 0 Å². The van der Waals surface area contributed by atoms with Crippen LogP contribution in [-0.2, 0) is 5.41 Å². The van der Waals surface area contributed by atoms with Crippen LogP contribution in [0.1, 0.15) is 36.7 Å². The van der Waals surface area contributed by atoms with Gasteiger partial charge in [-0.1, -0.05) is 57.2 Å². The number of hydrogen-bond acceptors (Lipinski definition) is 2. The SMILES string of the molecule is CC(C)(C)c1ccccc1-c1cccc(C(=O)O)c1N. The second kappa shape index (κ2) is 5.00. The number of rotatable bonds is 2. The first kappa shape index (κ1) is 14.1. The number of nitrogen functional groups attached to an aromatic ring is 1. The quantitative estimate of drug-likeness (QED) is 0.812. The first-order chi connectivity index (χ1) is 9.32. The lowest BCUT2D eigenvalue weighted by Gasteiger charge is -2.23. The van der Waals surface area contributed by atoms with Gasteiger partial charge in [0.15, 0.2) is 0 Å².